The standard InChI is InChI=1S/C12H12ClN3O2/c1-16-7-8(6-14-16)11(12(17)18)15-10-4-2-9(13)3-5-10/h2-7,11,15H,1H3,(H,17,18). The van der Waals surface area contributed by atoms with Crippen LogP contribution in [0.3, 0.4) is 0 Å². The molecule has 2 rings (SSSR count). The summed E-state index contributed by atoms with van der Waals surface area (Å²) in [7, 11) is 1.74. The first-order chi connectivity index (χ1) is 8.56. The number of anilines is 1. The summed E-state index contributed by atoms with van der Waals surface area (Å²) >= 11 is 5.77. The minimum absolute atomic E-state index is 0.597. The van der Waals surface area contributed by atoms with E-state index in [0.29, 0.717) is 16.3 Å². The molecule has 2 aromatic rings. The number of hydrogen-bond acceptors (Lipinski definition) is 3. The van der Waals surface area contributed by atoms with Crippen LogP contribution in [0.1, 0.15) is 11.6 Å². The lowest BCUT2D eigenvalue weighted by molar-refractivity contribution is -0.138. The van der Waals surface area contributed by atoms with Gasteiger partial charge in [-0.15, -0.1) is 0 Å². The van der Waals surface area contributed by atoms with E-state index >= 15 is 0 Å². The van der Waals surface area contributed by atoms with Crippen LogP contribution >= 0.6 is 11.6 Å². The molecular weight excluding hydrogens is 254 g/mol. The van der Waals surface area contributed by atoms with Crippen molar-refractivity contribution in [3.05, 3.63) is 47.2 Å². The Balaban J connectivity index is 2.22. The van der Waals surface area contributed by atoms with Gasteiger partial charge in [0.1, 0.15) is 0 Å². The van der Waals surface area contributed by atoms with Crippen LogP contribution in [-0.2, 0) is 11.8 Å². The molecule has 1 aromatic carbocycles. The van der Waals surface area contributed by atoms with Crippen molar-refractivity contribution in [1.29, 1.82) is 0 Å². The van der Waals surface area contributed by atoms with Gasteiger partial charge in [-0.1, -0.05) is 11.6 Å². The van der Waals surface area contributed by atoms with Crippen LogP contribution in [0, 0.1) is 0 Å². The van der Waals surface area contributed by atoms with Gasteiger partial charge in [0, 0.05) is 29.5 Å². The molecule has 0 radical (unpaired) electrons. The highest BCUT2D eigenvalue weighted by molar-refractivity contribution is 6.30. The maximum absolute atomic E-state index is 11.3. The average Bonchev–Trinajstić information content (AvgIpc) is 2.74. The van der Waals surface area contributed by atoms with E-state index in [2.05, 4.69) is 10.4 Å². The van der Waals surface area contributed by atoms with E-state index in [-0.39, 0.29) is 0 Å². The molecule has 5 nitrogen and oxygen atoms in total. The average molecular weight is 266 g/mol. The second-order valence-electron chi connectivity index (χ2n) is 3.87. The fraction of sp³-hybridized carbons (Fsp3) is 0.167. The first kappa shape index (κ1) is 12.4. The Bertz CT molecular complexity index is 551. The number of benzene rings is 1. The van der Waals surface area contributed by atoms with E-state index in [1.165, 1.54) is 6.20 Å². The number of nitrogens with one attached hydrogen (secondary N) is 1. The number of carboxylic acid groups (broad SMARTS) is 1. The molecule has 0 fully saturated rings. The number of aliphatic carboxylic acids is 1. The molecule has 0 bridgehead atoms. The predicted molar refractivity (Wildman–Crippen MR) is 68.7 cm³/mol. The smallest absolute Gasteiger partial charge is 0.330 e. The Labute approximate surface area is 109 Å². The number of halogens is 1. The summed E-state index contributed by atoms with van der Waals surface area (Å²) in [5.41, 5.74) is 1.29. The van der Waals surface area contributed by atoms with E-state index in [1.54, 1.807) is 42.2 Å². The van der Waals surface area contributed by atoms with Crippen LogP contribution < -0.4 is 5.32 Å². The van der Waals surface area contributed by atoms with Crippen molar-refractivity contribution < 1.29 is 9.90 Å². The van der Waals surface area contributed by atoms with Gasteiger partial charge in [-0.25, -0.2) is 4.79 Å². The molecule has 94 valence electrons. The molecule has 18 heavy (non-hydrogen) atoms. The van der Waals surface area contributed by atoms with E-state index < -0.39 is 12.0 Å². The lowest BCUT2D eigenvalue weighted by atomic mass is 10.1. The van der Waals surface area contributed by atoms with Gasteiger partial charge in [-0.3, -0.25) is 4.68 Å². The molecule has 0 amide bonds. The Hall–Kier alpha value is -2.01. The molecule has 0 saturated heterocycles. The molecule has 1 heterocycles. The largest absolute Gasteiger partial charge is 0.479 e. The van der Waals surface area contributed by atoms with Gasteiger partial charge >= 0.3 is 5.97 Å². The zero-order valence-electron chi connectivity index (χ0n) is 9.67. The quantitative estimate of drug-likeness (QED) is 0.890. The van der Waals surface area contributed by atoms with E-state index in [0.717, 1.165) is 0 Å². The van der Waals surface area contributed by atoms with Crippen molar-refractivity contribution in [3.8, 4) is 0 Å². The van der Waals surface area contributed by atoms with Gasteiger partial charge < -0.3 is 10.4 Å². The van der Waals surface area contributed by atoms with Crippen molar-refractivity contribution in [1.82, 2.24) is 9.78 Å². The monoisotopic (exact) mass is 265 g/mol. The third-order valence-corrected chi connectivity index (χ3v) is 2.71. The second-order valence-corrected chi connectivity index (χ2v) is 4.31. The molecule has 1 atom stereocenters. The summed E-state index contributed by atoms with van der Waals surface area (Å²) < 4.78 is 1.56. The van der Waals surface area contributed by atoms with Crippen molar-refractivity contribution >= 4 is 23.3 Å². The molecule has 0 aliphatic carbocycles. The Morgan fingerprint density at radius 2 is 2.11 bits per heavy atom. The number of carbonyl (C=O) groups is 1. The summed E-state index contributed by atoms with van der Waals surface area (Å²) in [6.45, 7) is 0. The summed E-state index contributed by atoms with van der Waals surface area (Å²) in [6.07, 6.45) is 3.20. The molecule has 1 unspecified atom stereocenters. The fourth-order valence-corrected chi connectivity index (χ4v) is 1.72. The number of rotatable bonds is 4. The van der Waals surface area contributed by atoms with Gasteiger partial charge in [0.25, 0.3) is 0 Å². The molecule has 6 heteroatoms. The van der Waals surface area contributed by atoms with Crippen molar-refractivity contribution in [2.45, 2.75) is 6.04 Å². The number of nitrogens with zero attached hydrogens (tertiary/aromatic N) is 2. The zero-order chi connectivity index (χ0) is 13.1. The molecule has 2 N–H and O–H groups in total. The van der Waals surface area contributed by atoms with Crippen molar-refractivity contribution in [3.63, 3.8) is 0 Å². The van der Waals surface area contributed by atoms with Crippen molar-refractivity contribution in [2.75, 3.05) is 5.32 Å². The first-order valence-electron chi connectivity index (χ1n) is 5.30. The molecule has 0 aliphatic rings. The number of hydrogen-bond donors (Lipinski definition) is 2. The minimum Gasteiger partial charge on any atom is -0.479 e. The van der Waals surface area contributed by atoms with E-state index in [9.17, 15) is 9.90 Å². The normalized spacial score (nSPS) is 12.1. The molecular formula is C12H12ClN3O2. The van der Waals surface area contributed by atoms with Gasteiger partial charge in [-0.05, 0) is 24.3 Å². The Kier molecular flexibility index (Phi) is 3.53. The summed E-state index contributed by atoms with van der Waals surface area (Å²) in [4.78, 5) is 11.3. The molecule has 0 aliphatic heterocycles. The molecule has 0 spiro atoms. The van der Waals surface area contributed by atoms with Crippen LogP contribution in [-0.4, -0.2) is 20.9 Å². The first-order valence-corrected chi connectivity index (χ1v) is 5.67. The number of aryl methyl sites for hydroxylation is 1. The highest BCUT2D eigenvalue weighted by Gasteiger charge is 2.20. The highest BCUT2D eigenvalue weighted by atomic mass is 35.5. The van der Waals surface area contributed by atoms with Crippen LogP contribution in [0.4, 0.5) is 5.69 Å². The third kappa shape index (κ3) is 2.81. The zero-order valence-corrected chi connectivity index (χ0v) is 10.4. The van der Waals surface area contributed by atoms with Crippen LogP contribution in [0.25, 0.3) is 0 Å². The third-order valence-electron chi connectivity index (χ3n) is 2.46. The minimum atomic E-state index is -0.960. The highest BCUT2D eigenvalue weighted by Crippen LogP contribution is 2.21. The van der Waals surface area contributed by atoms with Gasteiger partial charge in [0.05, 0.1) is 6.20 Å². The Morgan fingerprint density at radius 1 is 1.44 bits per heavy atom. The topological polar surface area (TPSA) is 67.2 Å². The lowest BCUT2D eigenvalue weighted by Crippen LogP contribution is -2.20. The summed E-state index contributed by atoms with van der Waals surface area (Å²) in [5, 5.41) is 16.7. The predicted octanol–water partition coefficient (Wildman–Crippen LogP) is 2.31. The van der Waals surface area contributed by atoms with Gasteiger partial charge in [0.15, 0.2) is 6.04 Å². The maximum Gasteiger partial charge on any atom is 0.330 e. The fourth-order valence-electron chi connectivity index (χ4n) is 1.59. The molecule has 1 aromatic heterocycles. The van der Waals surface area contributed by atoms with Crippen LogP contribution in [0.5, 0.6) is 0 Å². The second kappa shape index (κ2) is 5.10. The number of carboxylic acids is 1. The lowest BCUT2D eigenvalue weighted by Gasteiger charge is -2.14. The SMILES string of the molecule is Cn1cc(C(Nc2ccc(Cl)cc2)C(=O)O)cn1. The van der Waals surface area contributed by atoms with Crippen LogP contribution in [0.2, 0.25) is 5.02 Å². The van der Waals surface area contributed by atoms with Gasteiger partial charge in [0.2, 0.25) is 0 Å². The summed E-state index contributed by atoms with van der Waals surface area (Å²) in [6, 6.07) is 6.03. The summed E-state index contributed by atoms with van der Waals surface area (Å²) in [5.74, 6) is -0.960. The number of aromatic nitrogens is 2. The Morgan fingerprint density at radius 3 is 2.61 bits per heavy atom. The van der Waals surface area contributed by atoms with E-state index in [1.807, 2.05) is 0 Å². The maximum atomic E-state index is 11.3. The van der Waals surface area contributed by atoms with Crippen LogP contribution in [0.15, 0.2) is 36.7 Å². The van der Waals surface area contributed by atoms with Gasteiger partial charge in [-0.2, -0.15) is 5.10 Å². The molecule has 0 saturated carbocycles. The van der Waals surface area contributed by atoms with Crippen molar-refractivity contribution in [2.24, 2.45) is 7.05 Å². The van der Waals surface area contributed by atoms with E-state index in [4.69, 9.17) is 11.6 Å².